The fourth-order valence-corrected chi connectivity index (χ4v) is 5.76. The summed E-state index contributed by atoms with van der Waals surface area (Å²) in [6.07, 6.45) is 5.77. The molecule has 0 aliphatic rings. The van der Waals surface area contributed by atoms with Crippen LogP contribution in [-0.4, -0.2) is 51.9 Å². The van der Waals surface area contributed by atoms with Gasteiger partial charge in [0.05, 0.1) is 10.3 Å². The van der Waals surface area contributed by atoms with E-state index in [-0.39, 0.29) is 5.91 Å². The lowest BCUT2D eigenvalue weighted by Gasteiger charge is -2.31. The van der Waals surface area contributed by atoms with Crippen LogP contribution in [0.3, 0.4) is 0 Å². The van der Waals surface area contributed by atoms with Crippen LogP contribution >= 0.6 is 0 Å². The zero-order valence-corrected chi connectivity index (χ0v) is 26.7. The molecule has 232 valence electrons. The molecule has 0 fully saturated rings. The smallest absolute Gasteiger partial charge is 0.274 e. The summed E-state index contributed by atoms with van der Waals surface area (Å²) in [4.78, 5) is 34.0. The average Bonchev–Trinajstić information content (AvgIpc) is 3.35. The topological polar surface area (TPSA) is 116 Å². The molecule has 3 N–H and O–H groups in total. The summed E-state index contributed by atoms with van der Waals surface area (Å²) in [6, 6.07) is 16.6. The lowest BCUT2D eigenvalue weighted by atomic mass is 9.82. The Morgan fingerprint density at radius 1 is 0.977 bits per heavy atom. The van der Waals surface area contributed by atoms with Gasteiger partial charge in [-0.1, -0.05) is 23.3 Å². The average molecular weight is 597 g/mol. The van der Waals surface area contributed by atoms with E-state index >= 15 is 0 Å². The van der Waals surface area contributed by atoms with E-state index in [9.17, 15) is 14.9 Å². The van der Waals surface area contributed by atoms with Crippen LogP contribution in [0.5, 0.6) is 0 Å². The zero-order chi connectivity index (χ0) is 31.9. The molecule has 2 aromatic carbocycles. The van der Waals surface area contributed by atoms with Gasteiger partial charge in [-0.05, 0) is 113 Å². The van der Waals surface area contributed by atoms with E-state index in [1.807, 2.05) is 50.8 Å². The Hall–Kier alpha value is -4.66. The number of aromatic amines is 1. The number of hydrogen-bond donors (Lipinski definition) is 3. The first kappa shape index (κ1) is 32.3. The number of carbonyl (C=O) groups excluding carboxylic acids is 1. The van der Waals surface area contributed by atoms with Crippen LogP contribution in [0.15, 0.2) is 72.9 Å². The van der Waals surface area contributed by atoms with Gasteiger partial charge in [0.2, 0.25) is 5.91 Å². The molecule has 0 radical (unpaired) electrons. The van der Waals surface area contributed by atoms with Crippen molar-refractivity contribution in [3.05, 3.63) is 111 Å². The third-order valence-electron chi connectivity index (χ3n) is 8.13. The molecule has 2 heterocycles. The van der Waals surface area contributed by atoms with Crippen molar-refractivity contribution < 1.29 is 9.72 Å². The van der Waals surface area contributed by atoms with E-state index in [4.69, 9.17) is 0 Å². The van der Waals surface area contributed by atoms with Gasteiger partial charge >= 0.3 is 0 Å². The maximum atomic E-state index is 13.5. The minimum Gasteiger partial charge on any atom is -0.366 e. The van der Waals surface area contributed by atoms with Crippen LogP contribution in [0, 0.1) is 24.0 Å². The Balaban J connectivity index is 1.65. The van der Waals surface area contributed by atoms with Crippen LogP contribution in [0.4, 0.5) is 0 Å². The fraction of sp³-hybridized carbons (Fsp3) is 0.371. The van der Waals surface area contributed by atoms with E-state index in [0.717, 1.165) is 45.1 Å². The molecule has 2 aromatic heterocycles. The monoisotopic (exact) mass is 596 g/mol. The molecule has 0 bridgehead atoms. The second-order valence-corrected chi connectivity index (χ2v) is 11.8. The molecular weight excluding hydrogens is 552 g/mol. The number of hydrogen-bond acceptors (Lipinski definition) is 6. The molecule has 4 rings (SSSR count). The van der Waals surface area contributed by atoms with Gasteiger partial charge in [0.1, 0.15) is 0 Å². The number of carbonyl (C=O) groups is 1. The van der Waals surface area contributed by atoms with E-state index in [1.54, 1.807) is 12.4 Å². The first-order chi connectivity index (χ1) is 21.0. The van der Waals surface area contributed by atoms with Crippen molar-refractivity contribution in [1.82, 2.24) is 25.5 Å². The number of likely N-dealkylation sites (N-methyl/N-ethyl adjacent to an activating group) is 1. The molecule has 44 heavy (non-hydrogen) atoms. The minimum absolute atomic E-state index is 0.0996. The van der Waals surface area contributed by atoms with Gasteiger partial charge in [0.25, 0.3) is 6.20 Å². The Morgan fingerprint density at radius 2 is 1.61 bits per heavy atom. The minimum atomic E-state index is -0.701. The normalized spacial score (nSPS) is 11.9. The summed E-state index contributed by atoms with van der Waals surface area (Å²) in [5, 5.41) is 18.9. The van der Waals surface area contributed by atoms with E-state index < -0.39 is 10.3 Å². The van der Waals surface area contributed by atoms with Gasteiger partial charge in [-0.25, -0.2) is 0 Å². The molecule has 0 saturated heterocycles. The molecule has 0 unspecified atom stereocenters. The lowest BCUT2D eigenvalue weighted by Crippen LogP contribution is -2.43. The van der Waals surface area contributed by atoms with Gasteiger partial charge in [-0.2, -0.15) is 0 Å². The Morgan fingerprint density at radius 3 is 2.23 bits per heavy atom. The van der Waals surface area contributed by atoms with Crippen molar-refractivity contribution in [3.63, 3.8) is 0 Å². The van der Waals surface area contributed by atoms with Gasteiger partial charge in [-0.15, -0.1) is 0 Å². The number of nitrogens with zero attached hydrogens (tertiary/aromatic N) is 3. The fourth-order valence-electron chi connectivity index (χ4n) is 5.76. The van der Waals surface area contributed by atoms with Gasteiger partial charge in [0, 0.05) is 55.2 Å². The molecule has 1 amide bonds. The van der Waals surface area contributed by atoms with Crippen LogP contribution in [0.1, 0.15) is 55.5 Å². The van der Waals surface area contributed by atoms with Crippen molar-refractivity contribution in [2.45, 2.75) is 59.8 Å². The number of nitrogens with one attached hydrogen (secondary N) is 3. The van der Waals surface area contributed by atoms with Crippen LogP contribution < -0.4 is 10.6 Å². The summed E-state index contributed by atoms with van der Waals surface area (Å²) in [5.74, 6) is 0.464. The maximum absolute atomic E-state index is 13.5. The van der Waals surface area contributed by atoms with Crippen molar-refractivity contribution in [3.8, 4) is 11.3 Å². The molecule has 0 spiro atoms. The first-order valence-corrected chi connectivity index (χ1v) is 15.3. The maximum Gasteiger partial charge on any atom is 0.274 e. The summed E-state index contributed by atoms with van der Waals surface area (Å²) < 4.78 is 0. The number of amides is 1. The highest BCUT2D eigenvalue weighted by molar-refractivity contribution is 5.94. The number of benzene rings is 2. The largest absolute Gasteiger partial charge is 0.366 e. The highest BCUT2D eigenvalue weighted by Crippen LogP contribution is 2.35. The molecule has 0 aliphatic heterocycles. The van der Waals surface area contributed by atoms with E-state index in [2.05, 4.69) is 64.8 Å². The van der Waals surface area contributed by atoms with Gasteiger partial charge in [-0.3, -0.25) is 19.9 Å². The SMILES string of the molecule is CCN(CC)C(=O)C(C)(C)c1ccc2[nH]c(-c3cc(C)cc(C)c3)c(CCN/C(=C/[N+](=O)[O-])NCCc3ccncc3)c2c1. The third-order valence-corrected chi connectivity index (χ3v) is 8.13. The summed E-state index contributed by atoms with van der Waals surface area (Å²) in [7, 11) is 0. The number of rotatable bonds is 14. The third kappa shape index (κ3) is 7.64. The van der Waals surface area contributed by atoms with Crippen molar-refractivity contribution in [2.24, 2.45) is 0 Å². The zero-order valence-electron chi connectivity index (χ0n) is 26.7. The summed E-state index contributed by atoms with van der Waals surface area (Å²) in [6.45, 7) is 14.5. The van der Waals surface area contributed by atoms with E-state index in [1.165, 1.54) is 11.1 Å². The van der Waals surface area contributed by atoms with Crippen molar-refractivity contribution >= 4 is 16.8 Å². The number of aryl methyl sites for hydroxylation is 2. The molecule has 0 saturated carbocycles. The predicted octanol–water partition coefficient (Wildman–Crippen LogP) is 6.03. The highest BCUT2D eigenvalue weighted by Gasteiger charge is 2.33. The van der Waals surface area contributed by atoms with Crippen molar-refractivity contribution in [1.29, 1.82) is 0 Å². The Bertz CT molecular complexity index is 1620. The molecule has 9 nitrogen and oxygen atoms in total. The predicted molar refractivity (Wildman–Crippen MR) is 177 cm³/mol. The molecule has 9 heteroatoms. The van der Waals surface area contributed by atoms with Gasteiger partial charge < -0.3 is 20.5 Å². The summed E-state index contributed by atoms with van der Waals surface area (Å²) in [5.41, 5.74) is 7.88. The number of nitro groups is 1. The molecular formula is C35H44N6O3. The van der Waals surface area contributed by atoms with Crippen molar-refractivity contribution in [2.75, 3.05) is 26.2 Å². The Kier molecular flexibility index (Phi) is 10.4. The number of H-pyrrole nitrogens is 1. The highest BCUT2D eigenvalue weighted by atomic mass is 16.6. The van der Waals surface area contributed by atoms with Crippen LogP contribution in [-0.2, 0) is 23.1 Å². The second-order valence-electron chi connectivity index (χ2n) is 11.8. The standard InChI is InChI=1S/C35H44N6O3/c1-7-40(8-2)34(42)35(5,6)28-9-10-31-30(22-28)29(33(39-31)27-20-24(3)19-25(4)21-27)14-18-38-32(23-41(43)44)37-17-13-26-11-15-36-16-12-26/h9-12,15-16,19-23,37-39H,7-8,13-14,17-18H2,1-6H3/b32-23+. The molecule has 0 atom stereocenters. The van der Waals surface area contributed by atoms with E-state index in [0.29, 0.717) is 44.8 Å². The molecule has 4 aromatic rings. The quantitative estimate of drug-likeness (QED) is 0.121. The van der Waals surface area contributed by atoms with Crippen LogP contribution in [0.25, 0.3) is 22.2 Å². The molecule has 0 aliphatic carbocycles. The van der Waals surface area contributed by atoms with Crippen LogP contribution in [0.2, 0.25) is 0 Å². The Labute approximate surface area is 259 Å². The summed E-state index contributed by atoms with van der Waals surface area (Å²) >= 11 is 0. The second kappa shape index (κ2) is 14.2. The number of pyridine rings is 1. The number of fused-ring (bicyclic) bond motifs is 1. The lowest BCUT2D eigenvalue weighted by molar-refractivity contribution is -0.404. The first-order valence-electron chi connectivity index (χ1n) is 15.3. The van der Waals surface area contributed by atoms with Gasteiger partial charge in [0.15, 0.2) is 5.82 Å². The number of aromatic nitrogens is 2.